The van der Waals surface area contributed by atoms with Crippen LogP contribution in [0, 0.1) is 5.92 Å². The molecule has 0 aliphatic heterocycles. The molecule has 2 aromatic rings. The molecule has 1 heterocycles. The lowest BCUT2D eigenvalue weighted by Gasteiger charge is -2.22. The Morgan fingerprint density at radius 2 is 1.90 bits per heavy atom. The van der Waals surface area contributed by atoms with E-state index in [1.807, 2.05) is 0 Å². The van der Waals surface area contributed by atoms with Crippen molar-refractivity contribution in [1.29, 1.82) is 0 Å². The second kappa shape index (κ2) is 9.88. The van der Waals surface area contributed by atoms with Gasteiger partial charge in [-0.3, -0.25) is 14.4 Å². The molecule has 2 amide bonds. The number of carbonyl (C=O) groups is 2. The van der Waals surface area contributed by atoms with Crippen LogP contribution >= 0.6 is 11.6 Å². The molecule has 0 spiro atoms. The molecule has 3 rings (SSSR count). The molecule has 166 valence electrons. The summed E-state index contributed by atoms with van der Waals surface area (Å²) < 4.78 is 1.50. The fraction of sp³-hybridized carbons (Fsp3) is 0.450. The fourth-order valence-electron chi connectivity index (χ4n) is 3.69. The van der Waals surface area contributed by atoms with E-state index >= 15 is 0 Å². The zero-order valence-electron chi connectivity index (χ0n) is 16.8. The number of carbonyl (C=O) groups excluding carboxylic acids is 2. The summed E-state index contributed by atoms with van der Waals surface area (Å²) in [5.74, 6) is -1.49. The minimum Gasteiger partial charge on any atom is -0.373 e. The Bertz CT molecular complexity index is 1090. The quantitative estimate of drug-likeness (QED) is 0.433. The molecule has 1 aromatic carbocycles. The summed E-state index contributed by atoms with van der Waals surface area (Å²) in [7, 11) is 0. The van der Waals surface area contributed by atoms with E-state index in [-0.39, 0.29) is 22.2 Å². The predicted molar refractivity (Wildman–Crippen MR) is 113 cm³/mol. The number of hydrogen-bond donors (Lipinski definition) is 3. The van der Waals surface area contributed by atoms with Gasteiger partial charge < -0.3 is 16.2 Å². The Hall–Kier alpha value is -2.98. The van der Waals surface area contributed by atoms with E-state index in [0.717, 1.165) is 49.4 Å². The van der Waals surface area contributed by atoms with Gasteiger partial charge in [-0.1, -0.05) is 37.3 Å². The molecule has 11 heteroatoms. The Morgan fingerprint density at radius 3 is 2.55 bits per heavy atom. The first-order chi connectivity index (χ1) is 14.8. The number of nitrogens with one attached hydrogen (secondary N) is 1. The molecular formula is C20H24ClN5O5. The van der Waals surface area contributed by atoms with Crippen LogP contribution in [0.4, 0.5) is 0 Å². The molecule has 1 aliphatic carbocycles. The van der Waals surface area contributed by atoms with E-state index in [1.54, 1.807) is 0 Å². The summed E-state index contributed by atoms with van der Waals surface area (Å²) >= 11 is 6.17. The molecule has 0 radical (unpaired) electrons. The molecule has 1 saturated carbocycles. The Labute approximate surface area is 182 Å². The molecule has 10 nitrogen and oxygen atoms in total. The number of benzene rings is 1. The second-order valence-corrected chi connectivity index (χ2v) is 7.97. The predicted octanol–water partition coefficient (Wildman–Crippen LogP) is 0.551. The maximum absolute atomic E-state index is 12.8. The van der Waals surface area contributed by atoms with Gasteiger partial charge in [-0.25, -0.2) is 9.36 Å². The van der Waals surface area contributed by atoms with E-state index in [2.05, 4.69) is 10.4 Å². The summed E-state index contributed by atoms with van der Waals surface area (Å²) in [6, 6.07) is 4.17. The zero-order valence-corrected chi connectivity index (χ0v) is 17.5. The lowest BCUT2D eigenvalue weighted by molar-refractivity contribution is -0.118. The van der Waals surface area contributed by atoms with E-state index in [4.69, 9.17) is 17.3 Å². The maximum atomic E-state index is 12.8. The molecule has 31 heavy (non-hydrogen) atoms. The minimum atomic E-state index is -1.01. The van der Waals surface area contributed by atoms with E-state index < -0.39 is 35.8 Å². The normalized spacial score (nSPS) is 15.8. The van der Waals surface area contributed by atoms with Crippen LogP contribution in [0.25, 0.3) is 5.69 Å². The van der Waals surface area contributed by atoms with Gasteiger partial charge in [-0.15, -0.1) is 0 Å². The van der Waals surface area contributed by atoms with Crippen molar-refractivity contribution < 1.29 is 14.7 Å². The number of rotatable bonds is 6. The molecule has 1 fully saturated rings. The van der Waals surface area contributed by atoms with Crippen LogP contribution in [0.3, 0.4) is 0 Å². The van der Waals surface area contributed by atoms with Gasteiger partial charge in [0.15, 0.2) is 0 Å². The third kappa shape index (κ3) is 5.39. The van der Waals surface area contributed by atoms with Crippen LogP contribution in [0.5, 0.6) is 0 Å². The summed E-state index contributed by atoms with van der Waals surface area (Å²) in [6.07, 6.45) is 5.76. The summed E-state index contributed by atoms with van der Waals surface area (Å²) in [4.78, 5) is 48.4. The van der Waals surface area contributed by atoms with Gasteiger partial charge in [0, 0.05) is 5.92 Å². The van der Waals surface area contributed by atoms with E-state index in [1.165, 1.54) is 18.2 Å². The smallest absolute Gasteiger partial charge is 0.352 e. The number of primary amides is 1. The van der Waals surface area contributed by atoms with Crippen molar-refractivity contribution in [2.24, 2.45) is 11.7 Å². The van der Waals surface area contributed by atoms with Crippen molar-refractivity contribution in [3.8, 4) is 5.69 Å². The number of aliphatic hydroxyl groups excluding tert-OH is 1. The summed E-state index contributed by atoms with van der Waals surface area (Å²) in [5, 5.41) is 17.0. The number of amides is 2. The van der Waals surface area contributed by atoms with Crippen molar-refractivity contribution in [2.45, 2.75) is 51.3 Å². The topological polar surface area (TPSA) is 149 Å². The number of nitrogens with two attached hydrogens (primary N) is 1. The van der Waals surface area contributed by atoms with Crippen molar-refractivity contribution >= 4 is 23.4 Å². The number of aromatic nitrogens is 3. The summed E-state index contributed by atoms with van der Waals surface area (Å²) in [5.41, 5.74) is 3.61. The SMILES string of the molecule is NC(=O)Cn1c(=O)cnn(-c2ccc(Cl)c(C(=O)NC(O)C3CCCCCC3)c2)c1=O. The van der Waals surface area contributed by atoms with E-state index in [0.29, 0.717) is 4.57 Å². The van der Waals surface area contributed by atoms with Crippen LogP contribution in [0.1, 0.15) is 48.9 Å². The Kier molecular flexibility index (Phi) is 7.24. The molecule has 4 N–H and O–H groups in total. The van der Waals surface area contributed by atoms with Crippen LogP contribution in [-0.2, 0) is 11.3 Å². The first kappa shape index (κ1) is 22.7. The molecule has 1 aliphatic rings. The largest absolute Gasteiger partial charge is 0.373 e. The van der Waals surface area contributed by atoms with Gasteiger partial charge in [-0.05, 0) is 31.0 Å². The molecular weight excluding hydrogens is 426 g/mol. The monoisotopic (exact) mass is 449 g/mol. The third-order valence-corrected chi connectivity index (χ3v) is 5.67. The van der Waals surface area contributed by atoms with Crippen LogP contribution in [-0.4, -0.2) is 37.5 Å². The highest BCUT2D eigenvalue weighted by Gasteiger charge is 2.24. The van der Waals surface area contributed by atoms with Gasteiger partial charge in [0.05, 0.1) is 16.3 Å². The fourth-order valence-corrected chi connectivity index (χ4v) is 3.89. The van der Waals surface area contributed by atoms with Crippen molar-refractivity contribution in [3.05, 3.63) is 55.8 Å². The number of halogens is 1. The van der Waals surface area contributed by atoms with Gasteiger partial charge in [-0.2, -0.15) is 9.78 Å². The molecule has 1 aromatic heterocycles. The molecule has 0 saturated heterocycles. The first-order valence-electron chi connectivity index (χ1n) is 10.0. The molecule has 1 unspecified atom stereocenters. The van der Waals surface area contributed by atoms with E-state index in [9.17, 15) is 24.3 Å². The lowest BCUT2D eigenvalue weighted by atomic mass is 9.98. The second-order valence-electron chi connectivity index (χ2n) is 7.56. The van der Waals surface area contributed by atoms with Gasteiger partial charge in [0.1, 0.15) is 19.0 Å². The average molecular weight is 450 g/mol. The van der Waals surface area contributed by atoms with Crippen molar-refractivity contribution in [1.82, 2.24) is 19.7 Å². The molecule has 0 bridgehead atoms. The number of nitrogens with zero attached hydrogens (tertiary/aromatic N) is 3. The third-order valence-electron chi connectivity index (χ3n) is 5.34. The van der Waals surface area contributed by atoms with Crippen LogP contribution in [0.15, 0.2) is 34.0 Å². The van der Waals surface area contributed by atoms with Gasteiger partial charge >= 0.3 is 5.69 Å². The highest BCUT2D eigenvalue weighted by atomic mass is 35.5. The zero-order chi connectivity index (χ0) is 22.5. The van der Waals surface area contributed by atoms with Crippen LogP contribution in [0.2, 0.25) is 5.02 Å². The Balaban J connectivity index is 1.88. The van der Waals surface area contributed by atoms with Gasteiger partial charge in [0.2, 0.25) is 5.91 Å². The summed E-state index contributed by atoms with van der Waals surface area (Å²) in [6.45, 7) is -0.602. The minimum absolute atomic E-state index is 0.0324. The highest BCUT2D eigenvalue weighted by molar-refractivity contribution is 6.33. The van der Waals surface area contributed by atoms with Gasteiger partial charge in [0.25, 0.3) is 11.5 Å². The lowest BCUT2D eigenvalue weighted by Crippen LogP contribution is -2.43. The van der Waals surface area contributed by atoms with Crippen LogP contribution < -0.4 is 22.3 Å². The maximum Gasteiger partial charge on any atom is 0.352 e. The van der Waals surface area contributed by atoms with Crippen molar-refractivity contribution in [2.75, 3.05) is 0 Å². The highest BCUT2D eigenvalue weighted by Crippen LogP contribution is 2.25. The Morgan fingerprint density at radius 1 is 1.23 bits per heavy atom. The molecule has 1 atom stereocenters. The number of hydrogen-bond acceptors (Lipinski definition) is 6. The first-order valence-corrected chi connectivity index (χ1v) is 10.4. The number of aliphatic hydroxyl groups is 1. The van der Waals surface area contributed by atoms with Crippen molar-refractivity contribution in [3.63, 3.8) is 0 Å². The average Bonchev–Trinajstić information content (AvgIpc) is 3.01. The standard InChI is InChI=1S/C20H24ClN5O5/c21-15-8-7-13(26-20(31)25(11-16(22)27)17(28)10-23-26)9-14(15)19(30)24-18(29)12-5-3-1-2-4-6-12/h7-10,12,18,29H,1-6,11H2,(H2,22,27)(H,24,30).